The molecule has 0 radical (unpaired) electrons. The number of carbonyl (C=O) groups excluding carboxylic acids is 2. The lowest BCUT2D eigenvalue weighted by molar-refractivity contribution is -0.141. The summed E-state index contributed by atoms with van der Waals surface area (Å²) in [5.74, 6) is -1.57. The summed E-state index contributed by atoms with van der Waals surface area (Å²) in [6, 6.07) is 4.27. The fourth-order valence-corrected chi connectivity index (χ4v) is 3.25. The third kappa shape index (κ3) is 4.14. The van der Waals surface area contributed by atoms with E-state index in [0.717, 1.165) is 5.56 Å². The minimum atomic E-state index is -1.07. The molecular weight excluding hydrogens is 328 g/mol. The van der Waals surface area contributed by atoms with Crippen LogP contribution in [0.25, 0.3) is 0 Å². The van der Waals surface area contributed by atoms with Gasteiger partial charge in [0.1, 0.15) is 6.04 Å². The summed E-state index contributed by atoms with van der Waals surface area (Å²) in [4.78, 5) is 34.6. The van der Waals surface area contributed by atoms with Crippen LogP contribution in [0, 0.1) is 6.92 Å². The SMILES string of the molecule is Cc1ccc(NC(=O)CC2SCC(C(=O)O)NC2=O)cc1Cl. The first-order valence-electron chi connectivity index (χ1n) is 6.57. The molecule has 0 aliphatic carbocycles. The highest BCUT2D eigenvalue weighted by Gasteiger charge is 2.33. The number of aryl methyl sites for hydroxylation is 1. The molecule has 1 aromatic rings. The molecule has 2 amide bonds. The van der Waals surface area contributed by atoms with Crippen molar-refractivity contribution in [2.45, 2.75) is 24.6 Å². The highest BCUT2D eigenvalue weighted by atomic mass is 35.5. The summed E-state index contributed by atoms with van der Waals surface area (Å²) in [5.41, 5.74) is 1.46. The molecule has 0 saturated carbocycles. The maximum absolute atomic E-state index is 12.0. The van der Waals surface area contributed by atoms with E-state index in [1.54, 1.807) is 18.2 Å². The zero-order chi connectivity index (χ0) is 16.3. The van der Waals surface area contributed by atoms with Crippen molar-refractivity contribution in [2.24, 2.45) is 0 Å². The lowest BCUT2D eigenvalue weighted by Gasteiger charge is -2.25. The van der Waals surface area contributed by atoms with E-state index in [2.05, 4.69) is 10.6 Å². The van der Waals surface area contributed by atoms with Crippen molar-refractivity contribution >= 4 is 46.8 Å². The van der Waals surface area contributed by atoms with Crippen LogP contribution < -0.4 is 10.6 Å². The first-order valence-corrected chi connectivity index (χ1v) is 8.00. The molecule has 1 saturated heterocycles. The van der Waals surface area contributed by atoms with E-state index in [0.29, 0.717) is 10.7 Å². The van der Waals surface area contributed by atoms with Gasteiger partial charge in [-0.05, 0) is 24.6 Å². The van der Waals surface area contributed by atoms with Crippen LogP contribution >= 0.6 is 23.4 Å². The summed E-state index contributed by atoms with van der Waals surface area (Å²) in [7, 11) is 0. The van der Waals surface area contributed by atoms with Crippen LogP contribution in [-0.2, 0) is 14.4 Å². The molecule has 1 heterocycles. The minimum absolute atomic E-state index is 0.0195. The largest absolute Gasteiger partial charge is 0.480 e. The van der Waals surface area contributed by atoms with E-state index < -0.39 is 23.2 Å². The van der Waals surface area contributed by atoms with Gasteiger partial charge in [-0.15, -0.1) is 11.8 Å². The molecule has 0 aromatic heterocycles. The van der Waals surface area contributed by atoms with Gasteiger partial charge < -0.3 is 15.7 Å². The molecule has 1 aromatic carbocycles. The van der Waals surface area contributed by atoms with Gasteiger partial charge in [0.25, 0.3) is 0 Å². The maximum Gasteiger partial charge on any atom is 0.327 e. The van der Waals surface area contributed by atoms with E-state index >= 15 is 0 Å². The highest BCUT2D eigenvalue weighted by Crippen LogP contribution is 2.23. The molecule has 2 atom stereocenters. The molecular formula is C14H15ClN2O4S. The summed E-state index contributed by atoms with van der Waals surface area (Å²) in [5, 5.41) is 13.9. The second-order valence-electron chi connectivity index (χ2n) is 4.94. The van der Waals surface area contributed by atoms with Crippen molar-refractivity contribution in [1.29, 1.82) is 0 Å². The van der Waals surface area contributed by atoms with Crippen LogP contribution in [0.3, 0.4) is 0 Å². The fourth-order valence-electron chi connectivity index (χ4n) is 1.93. The topological polar surface area (TPSA) is 95.5 Å². The van der Waals surface area contributed by atoms with Crippen molar-refractivity contribution in [1.82, 2.24) is 5.32 Å². The Labute approximate surface area is 136 Å². The third-order valence-corrected chi connectivity index (χ3v) is 4.91. The smallest absolute Gasteiger partial charge is 0.327 e. The van der Waals surface area contributed by atoms with Gasteiger partial charge in [-0.25, -0.2) is 4.79 Å². The molecule has 0 bridgehead atoms. The molecule has 22 heavy (non-hydrogen) atoms. The van der Waals surface area contributed by atoms with Gasteiger partial charge in [0, 0.05) is 22.9 Å². The Kier molecular flexibility index (Phi) is 5.31. The first-order chi connectivity index (χ1) is 10.4. The number of benzene rings is 1. The number of carbonyl (C=O) groups is 3. The Morgan fingerprint density at radius 2 is 2.23 bits per heavy atom. The predicted octanol–water partition coefficient (Wildman–Crippen LogP) is 1.66. The van der Waals surface area contributed by atoms with Crippen molar-refractivity contribution in [2.75, 3.05) is 11.1 Å². The van der Waals surface area contributed by atoms with Gasteiger partial charge in [-0.3, -0.25) is 9.59 Å². The van der Waals surface area contributed by atoms with Gasteiger partial charge in [0.2, 0.25) is 11.8 Å². The molecule has 1 aliphatic heterocycles. The van der Waals surface area contributed by atoms with Gasteiger partial charge >= 0.3 is 5.97 Å². The van der Waals surface area contributed by atoms with Gasteiger partial charge in [0.05, 0.1) is 5.25 Å². The number of anilines is 1. The Morgan fingerprint density at radius 1 is 1.50 bits per heavy atom. The molecule has 6 nitrogen and oxygen atoms in total. The van der Waals surface area contributed by atoms with Crippen molar-refractivity contribution in [3.05, 3.63) is 28.8 Å². The Bertz CT molecular complexity index is 623. The second-order valence-corrected chi connectivity index (χ2v) is 6.58. The van der Waals surface area contributed by atoms with Gasteiger partial charge in [0.15, 0.2) is 0 Å². The molecule has 2 unspecified atom stereocenters. The maximum atomic E-state index is 12.0. The number of nitrogens with one attached hydrogen (secondary N) is 2. The number of rotatable bonds is 4. The number of aliphatic carboxylic acids is 1. The van der Waals surface area contributed by atoms with Crippen LogP contribution in [0.15, 0.2) is 18.2 Å². The normalized spacial score (nSPS) is 21.1. The van der Waals surface area contributed by atoms with E-state index in [9.17, 15) is 14.4 Å². The molecule has 118 valence electrons. The molecule has 1 aliphatic rings. The summed E-state index contributed by atoms with van der Waals surface area (Å²) in [6.07, 6.45) is -0.0195. The number of hydrogen-bond donors (Lipinski definition) is 3. The number of thioether (sulfide) groups is 1. The average molecular weight is 343 g/mol. The summed E-state index contributed by atoms with van der Waals surface area (Å²) >= 11 is 7.16. The van der Waals surface area contributed by atoms with E-state index in [-0.39, 0.29) is 18.1 Å². The van der Waals surface area contributed by atoms with E-state index in [1.165, 1.54) is 11.8 Å². The van der Waals surface area contributed by atoms with Crippen LogP contribution in [0.5, 0.6) is 0 Å². The predicted molar refractivity (Wildman–Crippen MR) is 85.2 cm³/mol. The quantitative estimate of drug-likeness (QED) is 0.773. The summed E-state index contributed by atoms with van der Waals surface area (Å²) < 4.78 is 0. The Hall–Kier alpha value is -1.73. The lowest BCUT2D eigenvalue weighted by Crippen LogP contribution is -2.51. The molecule has 8 heteroatoms. The van der Waals surface area contributed by atoms with Crippen LogP contribution in [-0.4, -0.2) is 39.9 Å². The van der Waals surface area contributed by atoms with Gasteiger partial charge in [-0.2, -0.15) is 0 Å². The number of carboxylic acids is 1. The number of halogens is 1. The molecule has 3 N–H and O–H groups in total. The highest BCUT2D eigenvalue weighted by molar-refractivity contribution is 8.00. The molecule has 2 rings (SSSR count). The molecule has 1 fully saturated rings. The van der Waals surface area contributed by atoms with Crippen molar-refractivity contribution in [3.63, 3.8) is 0 Å². The summed E-state index contributed by atoms with van der Waals surface area (Å²) in [6.45, 7) is 1.86. The van der Waals surface area contributed by atoms with Crippen LogP contribution in [0.1, 0.15) is 12.0 Å². The van der Waals surface area contributed by atoms with Crippen LogP contribution in [0.4, 0.5) is 5.69 Å². The van der Waals surface area contributed by atoms with E-state index in [1.807, 2.05) is 6.92 Å². The third-order valence-electron chi connectivity index (χ3n) is 3.20. The van der Waals surface area contributed by atoms with Gasteiger partial charge in [-0.1, -0.05) is 17.7 Å². The number of hydrogen-bond acceptors (Lipinski definition) is 4. The second kappa shape index (κ2) is 7.02. The number of amides is 2. The average Bonchev–Trinajstić information content (AvgIpc) is 2.45. The van der Waals surface area contributed by atoms with Crippen molar-refractivity contribution < 1.29 is 19.5 Å². The van der Waals surface area contributed by atoms with Crippen molar-refractivity contribution in [3.8, 4) is 0 Å². The lowest BCUT2D eigenvalue weighted by atomic mass is 10.2. The molecule has 0 spiro atoms. The standard InChI is InChI=1S/C14H15ClN2O4S/c1-7-2-3-8(4-9(7)15)16-12(18)5-11-13(19)17-10(6-22-11)14(20)21/h2-4,10-11H,5-6H2,1H3,(H,16,18)(H,17,19)(H,20,21). The first kappa shape index (κ1) is 16.6. The fraction of sp³-hybridized carbons (Fsp3) is 0.357. The van der Waals surface area contributed by atoms with Crippen LogP contribution in [0.2, 0.25) is 5.02 Å². The zero-order valence-corrected chi connectivity index (χ0v) is 13.3. The van der Waals surface area contributed by atoms with E-state index in [4.69, 9.17) is 16.7 Å². The Balaban J connectivity index is 1.91. The zero-order valence-electron chi connectivity index (χ0n) is 11.8. The number of carboxylic acid groups (broad SMARTS) is 1. The monoisotopic (exact) mass is 342 g/mol. The minimum Gasteiger partial charge on any atom is -0.480 e. The Morgan fingerprint density at radius 3 is 2.82 bits per heavy atom.